The summed E-state index contributed by atoms with van der Waals surface area (Å²) in [5.41, 5.74) is 4.36. The first-order valence-electron chi connectivity index (χ1n) is 8.51. The molecule has 0 amide bonds. The third-order valence-electron chi connectivity index (χ3n) is 4.60. The first-order valence-corrected chi connectivity index (χ1v) is 10.2. The van der Waals surface area contributed by atoms with Crippen LogP contribution in [0.25, 0.3) is 5.70 Å². The Labute approximate surface area is 171 Å². The minimum absolute atomic E-state index is 0.0711. The molecule has 2 aromatic carbocycles. The van der Waals surface area contributed by atoms with Crippen molar-refractivity contribution >= 4 is 38.6 Å². The van der Waals surface area contributed by atoms with E-state index in [4.69, 9.17) is 14.5 Å². The van der Waals surface area contributed by atoms with Crippen LogP contribution in [0.2, 0.25) is 0 Å². The zero-order valence-corrected chi connectivity index (χ0v) is 17.7. The fourth-order valence-electron chi connectivity index (χ4n) is 3.22. The van der Waals surface area contributed by atoms with Gasteiger partial charge in [0.15, 0.2) is 16.7 Å². The molecule has 1 atom stereocenters. The zero-order chi connectivity index (χ0) is 19.0. The third kappa shape index (κ3) is 3.39. The summed E-state index contributed by atoms with van der Waals surface area (Å²) in [7, 11) is 3.29. The van der Waals surface area contributed by atoms with E-state index in [0.717, 1.165) is 20.9 Å². The summed E-state index contributed by atoms with van der Waals surface area (Å²) in [6.45, 7) is 2.10. The monoisotopic (exact) mass is 442 g/mol. The second-order valence-electron chi connectivity index (χ2n) is 6.30. The van der Waals surface area contributed by atoms with Crippen molar-refractivity contribution in [3.05, 3.63) is 75.2 Å². The van der Waals surface area contributed by atoms with Crippen molar-refractivity contribution in [3.8, 4) is 11.5 Å². The molecule has 1 unspecified atom stereocenters. The molecule has 0 radical (unpaired) electrons. The highest BCUT2D eigenvalue weighted by Gasteiger charge is 2.29. The Morgan fingerprint density at radius 2 is 1.89 bits per heavy atom. The van der Waals surface area contributed by atoms with Crippen LogP contribution in [0.3, 0.4) is 0 Å². The molecule has 2 aliphatic rings. The lowest BCUT2D eigenvalue weighted by molar-refractivity contribution is 0.355. The number of hydrogen-bond acceptors (Lipinski definition) is 5. The number of ether oxygens (including phenoxy) is 2. The molecule has 0 saturated carbocycles. The molecule has 0 saturated heterocycles. The molecule has 2 aromatic rings. The highest BCUT2D eigenvalue weighted by Crippen LogP contribution is 2.41. The van der Waals surface area contributed by atoms with E-state index in [-0.39, 0.29) is 6.04 Å². The van der Waals surface area contributed by atoms with Crippen molar-refractivity contribution in [3.63, 3.8) is 0 Å². The molecular weight excluding hydrogens is 424 g/mol. The topological polar surface area (TPSA) is 34.1 Å². The van der Waals surface area contributed by atoms with Gasteiger partial charge in [-0.3, -0.25) is 0 Å². The van der Waals surface area contributed by atoms with Gasteiger partial charge in [-0.2, -0.15) is 0 Å². The maximum absolute atomic E-state index is 5.46. The summed E-state index contributed by atoms with van der Waals surface area (Å²) in [6.07, 6.45) is 4.28. The molecule has 27 heavy (non-hydrogen) atoms. The molecule has 2 heterocycles. The Morgan fingerprint density at radius 3 is 2.63 bits per heavy atom. The Kier molecular flexibility index (Phi) is 5.02. The van der Waals surface area contributed by atoms with Crippen LogP contribution in [0.5, 0.6) is 11.5 Å². The van der Waals surface area contributed by atoms with Crippen LogP contribution in [0, 0.1) is 6.92 Å². The van der Waals surface area contributed by atoms with Crippen LogP contribution in [-0.2, 0) is 0 Å². The summed E-state index contributed by atoms with van der Waals surface area (Å²) >= 11 is 5.37. The van der Waals surface area contributed by atoms with Crippen LogP contribution < -0.4 is 9.47 Å². The Hall–Kier alpha value is -2.18. The van der Waals surface area contributed by atoms with E-state index < -0.39 is 0 Å². The summed E-state index contributed by atoms with van der Waals surface area (Å²) in [5, 5.41) is 3.04. The lowest BCUT2D eigenvalue weighted by Crippen LogP contribution is -2.27. The number of aryl methyl sites for hydroxylation is 1. The maximum Gasteiger partial charge on any atom is 0.173 e. The highest BCUT2D eigenvalue weighted by molar-refractivity contribution is 9.10. The normalized spacial score (nSPS) is 18.1. The van der Waals surface area contributed by atoms with E-state index in [1.807, 2.05) is 18.2 Å². The van der Waals surface area contributed by atoms with Gasteiger partial charge < -0.3 is 14.4 Å². The van der Waals surface area contributed by atoms with Gasteiger partial charge in [-0.15, -0.1) is 0 Å². The predicted molar refractivity (Wildman–Crippen MR) is 115 cm³/mol. The molecule has 138 valence electrons. The number of benzene rings is 2. The third-order valence-corrected chi connectivity index (χ3v) is 6.06. The number of methoxy groups -OCH3 is 2. The smallest absolute Gasteiger partial charge is 0.173 e. The molecule has 0 aromatic heterocycles. The maximum atomic E-state index is 5.46. The summed E-state index contributed by atoms with van der Waals surface area (Å²) in [4.78, 5) is 7.06. The van der Waals surface area contributed by atoms with Gasteiger partial charge in [-0.25, -0.2) is 4.99 Å². The van der Waals surface area contributed by atoms with E-state index in [0.29, 0.717) is 11.5 Å². The number of rotatable bonds is 4. The van der Waals surface area contributed by atoms with Gasteiger partial charge in [-0.05, 0) is 53.8 Å². The van der Waals surface area contributed by atoms with Crippen molar-refractivity contribution in [2.24, 2.45) is 4.99 Å². The zero-order valence-electron chi connectivity index (χ0n) is 15.3. The Morgan fingerprint density at radius 1 is 1.07 bits per heavy atom. The van der Waals surface area contributed by atoms with Crippen LogP contribution >= 0.6 is 27.7 Å². The van der Waals surface area contributed by atoms with E-state index in [9.17, 15) is 0 Å². The number of fused-ring (bicyclic) bond motifs is 1. The predicted octanol–water partition coefficient (Wildman–Crippen LogP) is 5.75. The number of nitrogens with zero attached hydrogens (tertiary/aromatic N) is 2. The molecule has 6 heteroatoms. The molecule has 4 nitrogen and oxygen atoms in total. The average Bonchev–Trinajstić information content (AvgIpc) is 3.15. The SMILES string of the molecule is COc1ccc(C2=CC(c3ccc(C)cc3Br)N3C=CSC3=N2)cc1OC. The molecule has 0 fully saturated rings. The van der Waals surface area contributed by atoms with E-state index in [2.05, 4.69) is 63.6 Å². The fourth-order valence-corrected chi connectivity index (χ4v) is 4.70. The highest BCUT2D eigenvalue weighted by atomic mass is 79.9. The lowest BCUT2D eigenvalue weighted by atomic mass is 10.00. The van der Waals surface area contributed by atoms with Crippen LogP contribution in [0.1, 0.15) is 22.7 Å². The molecule has 0 spiro atoms. The van der Waals surface area contributed by atoms with E-state index in [1.54, 1.807) is 26.0 Å². The van der Waals surface area contributed by atoms with Crippen molar-refractivity contribution in [1.82, 2.24) is 4.90 Å². The number of aliphatic imine (C=N–C) groups is 1. The summed E-state index contributed by atoms with van der Waals surface area (Å²) in [6, 6.07) is 12.4. The van der Waals surface area contributed by atoms with Crippen molar-refractivity contribution in [2.45, 2.75) is 13.0 Å². The van der Waals surface area contributed by atoms with Gasteiger partial charge in [0.2, 0.25) is 0 Å². The minimum atomic E-state index is 0.0711. The van der Waals surface area contributed by atoms with E-state index in [1.165, 1.54) is 11.1 Å². The number of hydrogen-bond donors (Lipinski definition) is 0. The number of halogens is 1. The summed E-state index contributed by atoms with van der Waals surface area (Å²) in [5.74, 6) is 1.41. The Balaban J connectivity index is 1.80. The fraction of sp³-hybridized carbons (Fsp3) is 0.190. The number of amidine groups is 1. The lowest BCUT2D eigenvalue weighted by Gasteiger charge is -2.30. The summed E-state index contributed by atoms with van der Waals surface area (Å²) < 4.78 is 11.9. The molecule has 0 N–H and O–H groups in total. The van der Waals surface area contributed by atoms with E-state index >= 15 is 0 Å². The Bertz CT molecular complexity index is 984. The van der Waals surface area contributed by atoms with Crippen molar-refractivity contribution in [2.75, 3.05) is 14.2 Å². The quantitative estimate of drug-likeness (QED) is 0.603. The molecule has 4 rings (SSSR count). The minimum Gasteiger partial charge on any atom is -0.493 e. The first kappa shape index (κ1) is 18.2. The van der Waals surface area contributed by atoms with Crippen LogP contribution in [-0.4, -0.2) is 24.3 Å². The van der Waals surface area contributed by atoms with Gasteiger partial charge in [0.1, 0.15) is 0 Å². The second kappa shape index (κ2) is 7.44. The van der Waals surface area contributed by atoms with Gasteiger partial charge in [0.25, 0.3) is 0 Å². The first-order chi connectivity index (χ1) is 13.1. The number of thioether (sulfide) groups is 1. The van der Waals surface area contributed by atoms with Gasteiger partial charge in [0, 0.05) is 16.2 Å². The molecule has 0 bridgehead atoms. The van der Waals surface area contributed by atoms with Crippen molar-refractivity contribution in [1.29, 1.82) is 0 Å². The molecule has 0 aliphatic carbocycles. The van der Waals surface area contributed by atoms with Gasteiger partial charge in [-0.1, -0.05) is 39.8 Å². The molecule has 2 aliphatic heterocycles. The van der Waals surface area contributed by atoms with Gasteiger partial charge in [0.05, 0.1) is 26.0 Å². The largest absolute Gasteiger partial charge is 0.493 e. The van der Waals surface area contributed by atoms with Crippen LogP contribution in [0.15, 0.2) is 63.5 Å². The second-order valence-corrected chi connectivity index (χ2v) is 8.02. The molecular formula is C21H19BrN2O2S. The van der Waals surface area contributed by atoms with Gasteiger partial charge >= 0.3 is 0 Å². The standard InChI is InChI=1S/C21H19BrN2O2S/c1-13-4-6-15(16(22)10-13)18-12-17(23-21-24(18)8-9-27-21)14-5-7-19(25-2)20(11-14)26-3/h4-12,18H,1-3H3. The van der Waals surface area contributed by atoms with Crippen molar-refractivity contribution < 1.29 is 9.47 Å². The van der Waals surface area contributed by atoms with Crippen LogP contribution in [0.4, 0.5) is 0 Å². The average molecular weight is 443 g/mol.